The van der Waals surface area contributed by atoms with Crippen LogP contribution in [-0.4, -0.2) is 24.4 Å². The van der Waals surface area contributed by atoms with Crippen molar-refractivity contribution in [2.45, 2.75) is 32.3 Å². The molecule has 2 atom stereocenters. The van der Waals surface area contributed by atoms with Crippen LogP contribution in [0.2, 0.25) is 0 Å². The zero-order valence-electron chi connectivity index (χ0n) is 6.55. The summed E-state index contributed by atoms with van der Waals surface area (Å²) in [6.07, 6.45) is 3.10. The molecule has 0 amide bonds. The molecule has 1 heterocycles. The molecule has 0 bridgehead atoms. The maximum Gasteiger partial charge on any atom is 0.0512 e. The van der Waals surface area contributed by atoms with E-state index in [1.807, 2.05) is 6.92 Å². The Kier molecular flexibility index (Phi) is 3.16. The van der Waals surface area contributed by atoms with E-state index in [9.17, 15) is 0 Å². The van der Waals surface area contributed by atoms with Crippen LogP contribution in [0.25, 0.3) is 0 Å². The summed E-state index contributed by atoms with van der Waals surface area (Å²) in [4.78, 5) is 0. The van der Waals surface area contributed by atoms with E-state index in [1.54, 1.807) is 0 Å². The lowest BCUT2D eigenvalue weighted by Crippen LogP contribution is -2.05. The van der Waals surface area contributed by atoms with Gasteiger partial charge in [0, 0.05) is 13.2 Å². The highest BCUT2D eigenvalue weighted by molar-refractivity contribution is 4.64. The summed E-state index contributed by atoms with van der Waals surface area (Å²) in [5.41, 5.74) is 0. The summed E-state index contributed by atoms with van der Waals surface area (Å²) in [7, 11) is 0. The molecule has 1 rings (SSSR count). The van der Waals surface area contributed by atoms with Gasteiger partial charge >= 0.3 is 0 Å². The lowest BCUT2D eigenvalue weighted by molar-refractivity contribution is 0.160. The summed E-state index contributed by atoms with van der Waals surface area (Å²) in [5, 5.41) is 8.97. The van der Waals surface area contributed by atoms with Gasteiger partial charge in [0.1, 0.15) is 0 Å². The summed E-state index contributed by atoms with van der Waals surface area (Å²) >= 11 is 0. The van der Waals surface area contributed by atoms with Gasteiger partial charge in [-0.2, -0.15) is 0 Å². The van der Waals surface area contributed by atoms with E-state index in [1.165, 1.54) is 6.42 Å². The second-order valence-electron chi connectivity index (χ2n) is 3.16. The fourth-order valence-corrected chi connectivity index (χ4v) is 1.29. The number of ether oxygens (including phenoxy) is 1. The molecule has 1 fully saturated rings. The molecule has 0 aromatic rings. The normalized spacial score (nSPS) is 28.8. The van der Waals surface area contributed by atoms with Gasteiger partial charge in [-0.15, -0.1) is 0 Å². The van der Waals surface area contributed by atoms with Gasteiger partial charge in [0.25, 0.3) is 0 Å². The molecule has 60 valence electrons. The second kappa shape index (κ2) is 3.94. The Morgan fingerprint density at radius 2 is 2.50 bits per heavy atom. The molecule has 0 radical (unpaired) electrons. The third-order valence-electron chi connectivity index (χ3n) is 2.02. The number of aliphatic hydroxyl groups is 1. The summed E-state index contributed by atoms with van der Waals surface area (Å²) < 4.78 is 5.21. The van der Waals surface area contributed by atoms with Crippen LogP contribution in [0.1, 0.15) is 26.2 Å². The van der Waals surface area contributed by atoms with Crippen LogP contribution in [0.3, 0.4) is 0 Å². The van der Waals surface area contributed by atoms with Crippen molar-refractivity contribution in [1.82, 2.24) is 0 Å². The molecule has 0 spiro atoms. The predicted molar refractivity (Wildman–Crippen MR) is 39.8 cm³/mol. The van der Waals surface area contributed by atoms with Crippen molar-refractivity contribution in [3.63, 3.8) is 0 Å². The molecule has 1 unspecified atom stereocenters. The monoisotopic (exact) mass is 144 g/mol. The van der Waals surface area contributed by atoms with E-state index >= 15 is 0 Å². The van der Waals surface area contributed by atoms with Crippen LogP contribution >= 0.6 is 0 Å². The summed E-state index contributed by atoms with van der Waals surface area (Å²) in [5.74, 6) is 0.717. The molecule has 1 saturated heterocycles. The minimum atomic E-state index is -0.138. The van der Waals surface area contributed by atoms with Crippen molar-refractivity contribution in [2.75, 3.05) is 13.2 Å². The SMILES string of the molecule is C[C@@H](O)CCC1CCOC1. The zero-order chi connectivity index (χ0) is 7.40. The first-order valence-electron chi connectivity index (χ1n) is 4.05. The van der Waals surface area contributed by atoms with Gasteiger partial charge in [-0.05, 0) is 32.1 Å². The van der Waals surface area contributed by atoms with Crippen molar-refractivity contribution in [2.24, 2.45) is 5.92 Å². The van der Waals surface area contributed by atoms with E-state index in [4.69, 9.17) is 9.84 Å². The highest BCUT2D eigenvalue weighted by Gasteiger charge is 2.15. The van der Waals surface area contributed by atoms with Gasteiger partial charge < -0.3 is 9.84 Å². The van der Waals surface area contributed by atoms with E-state index in [-0.39, 0.29) is 6.10 Å². The van der Waals surface area contributed by atoms with Crippen molar-refractivity contribution >= 4 is 0 Å². The zero-order valence-corrected chi connectivity index (χ0v) is 6.55. The van der Waals surface area contributed by atoms with Crippen molar-refractivity contribution in [3.05, 3.63) is 0 Å². The topological polar surface area (TPSA) is 29.5 Å². The van der Waals surface area contributed by atoms with Gasteiger partial charge in [-0.1, -0.05) is 0 Å². The summed E-state index contributed by atoms with van der Waals surface area (Å²) in [6.45, 7) is 3.67. The van der Waals surface area contributed by atoms with E-state index in [0.29, 0.717) is 0 Å². The Balaban J connectivity index is 2.01. The number of aliphatic hydroxyl groups excluding tert-OH is 1. The maximum absolute atomic E-state index is 8.97. The molecule has 0 aromatic carbocycles. The van der Waals surface area contributed by atoms with E-state index in [2.05, 4.69) is 0 Å². The highest BCUT2D eigenvalue weighted by Crippen LogP contribution is 2.18. The van der Waals surface area contributed by atoms with Crippen LogP contribution in [0.5, 0.6) is 0 Å². The summed E-state index contributed by atoms with van der Waals surface area (Å²) in [6, 6.07) is 0. The van der Waals surface area contributed by atoms with Gasteiger partial charge in [0.15, 0.2) is 0 Å². The van der Waals surface area contributed by atoms with E-state index in [0.717, 1.165) is 32.0 Å². The molecule has 2 heteroatoms. The predicted octanol–water partition coefficient (Wildman–Crippen LogP) is 1.18. The van der Waals surface area contributed by atoms with Crippen molar-refractivity contribution in [3.8, 4) is 0 Å². The minimum absolute atomic E-state index is 0.138. The number of hydrogen-bond acceptors (Lipinski definition) is 2. The average Bonchev–Trinajstić information content (AvgIpc) is 2.34. The van der Waals surface area contributed by atoms with Crippen LogP contribution in [0, 0.1) is 5.92 Å². The Labute approximate surface area is 62.2 Å². The molecule has 0 aromatic heterocycles. The maximum atomic E-state index is 8.97. The fourth-order valence-electron chi connectivity index (χ4n) is 1.29. The Bertz CT molecular complexity index is 85.3. The smallest absolute Gasteiger partial charge is 0.0512 e. The standard InChI is InChI=1S/C8H16O2/c1-7(9)2-3-8-4-5-10-6-8/h7-9H,2-6H2,1H3/t7-,8?/m1/s1. The van der Waals surface area contributed by atoms with Crippen LogP contribution < -0.4 is 0 Å². The molecule has 0 aliphatic carbocycles. The highest BCUT2D eigenvalue weighted by atomic mass is 16.5. The van der Waals surface area contributed by atoms with Gasteiger partial charge in [0.05, 0.1) is 6.10 Å². The molecule has 1 aliphatic rings. The Morgan fingerprint density at radius 3 is 3.00 bits per heavy atom. The molecular formula is C8H16O2. The second-order valence-corrected chi connectivity index (χ2v) is 3.16. The fraction of sp³-hybridized carbons (Fsp3) is 1.00. The largest absolute Gasteiger partial charge is 0.393 e. The number of hydrogen-bond donors (Lipinski definition) is 1. The van der Waals surface area contributed by atoms with Gasteiger partial charge in [0.2, 0.25) is 0 Å². The molecule has 10 heavy (non-hydrogen) atoms. The quantitative estimate of drug-likeness (QED) is 0.644. The van der Waals surface area contributed by atoms with E-state index < -0.39 is 0 Å². The van der Waals surface area contributed by atoms with Gasteiger partial charge in [-0.25, -0.2) is 0 Å². The number of rotatable bonds is 3. The molecule has 0 saturated carbocycles. The van der Waals surface area contributed by atoms with Crippen molar-refractivity contribution < 1.29 is 9.84 Å². The first-order valence-corrected chi connectivity index (χ1v) is 4.05. The Morgan fingerprint density at radius 1 is 1.70 bits per heavy atom. The van der Waals surface area contributed by atoms with Crippen LogP contribution in [0.15, 0.2) is 0 Å². The molecular weight excluding hydrogens is 128 g/mol. The molecule has 1 N–H and O–H groups in total. The first-order chi connectivity index (χ1) is 4.79. The van der Waals surface area contributed by atoms with Crippen LogP contribution in [0.4, 0.5) is 0 Å². The minimum Gasteiger partial charge on any atom is -0.393 e. The lowest BCUT2D eigenvalue weighted by Gasteiger charge is -2.07. The van der Waals surface area contributed by atoms with Crippen LogP contribution in [-0.2, 0) is 4.74 Å². The van der Waals surface area contributed by atoms with Crippen molar-refractivity contribution in [1.29, 1.82) is 0 Å². The lowest BCUT2D eigenvalue weighted by atomic mass is 10.0. The first kappa shape index (κ1) is 8.02. The van der Waals surface area contributed by atoms with Gasteiger partial charge in [-0.3, -0.25) is 0 Å². The molecule has 1 aliphatic heterocycles. The third-order valence-corrected chi connectivity index (χ3v) is 2.02. The average molecular weight is 144 g/mol. The third kappa shape index (κ3) is 2.67. The molecule has 2 nitrogen and oxygen atoms in total. The Hall–Kier alpha value is -0.0800.